The lowest BCUT2D eigenvalue weighted by Gasteiger charge is -2.14. The van der Waals surface area contributed by atoms with Crippen LogP contribution in [0.4, 0.5) is 10.1 Å². The molecule has 0 saturated carbocycles. The van der Waals surface area contributed by atoms with Gasteiger partial charge in [0.25, 0.3) is 5.91 Å². The van der Waals surface area contributed by atoms with E-state index in [9.17, 15) is 9.18 Å². The summed E-state index contributed by atoms with van der Waals surface area (Å²) in [6.45, 7) is 2.61. The van der Waals surface area contributed by atoms with Gasteiger partial charge in [-0.25, -0.2) is 4.39 Å². The topological polar surface area (TPSA) is 47.6 Å². The lowest BCUT2D eigenvalue weighted by Crippen LogP contribution is -2.14. The normalized spacial score (nSPS) is 10.6. The van der Waals surface area contributed by atoms with Gasteiger partial charge in [-0.15, -0.1) is 0 Å². The van der Waals surface area contributed by atoms with E-state index in [4.69, 9.17) is 9.47 Å². The number of hydrogen-bond donors (Lipinski definition) is 1. The lowest BCUT2D eigenvalue weighted by molar-refractivity contribution is 0.102. The number of nitrogens with one attached hydrogen (secondary N) is 1. The minimum Gasteiger partial charge on any atom is -0.493 e. The second kappa shape index (κ2) is 9.30. The van der Waals surface area contributed by atoms with E-state index < -0.39 is 11.7 Å². The molecule has 0 atom stereocenters. The smallest absolute Gasteiger partial charge is 0.255 e. The van der Waals surface area contributed by atoms with Crippen LogP contribution in [0.5, 0.6) is 11.5 Å². The number of amides is 1. The summed E-state index contributed by atoms with van der Waals surface area (Å²) >= 11 is 0. The summed E-state index contributed by atoms with van der Waals surface area (Å²) in [5, 5.41) is 4.70. The molecule has 0 heterocycles. The standard InChI is InChI=1S/C26H22FNO3/c1-2-30-24-15-14-19(26(29)28-23-12-6-5-11-22(23)27)16-20(24)17-31-25-13-7-9-18-8-3-4-10-21(18)25/h3-16H,2,17H2,1H3,(H,28,29). The number of fused-ring (bicyclic) bond motifs is 1. The van der Waals surface area contributed by atoms with Gasteiger partial charge in [-0.05, 0) is 48.7 Å². The van der Waals surface area contributed by atoms with E-state index in [1.807, 2.05) is 49.4 Å². The van der Waals surface area contributed by atoms with Crippen LogP contribution in [0.15, 0.2) is 84.9 Å². The molecule has 5 heteroatoms. The molecule has 0 saturated heterocycles. The average Bonchev–Trinajstić information content (AvgIpc) is 2.80. The number of rotatable bonds is 7. The summed E-state index contributed by atoms with van der Waals surface area (Å²) in [4.78, 5) is 12.7. The Morgan fingerprint density at radius 2 is 1.65 bits per heavy atom. The zero-order valence-electron chi connectivity index (χ0n) is 17.1. The second-order valence-electron chi connectivity index (χ2n) is 6.96. The number of halogens is 1. The van der Waals surface area contributed by atoms with Crippen LogP contribution in [0.3, 0.4) is 0 Å². The van der Waals surface area contributed by atoms with E-state index in [-0.39, 0.29) is 12.3 Å². The molecule has 0 aliphatic carbocycles. The summed E-state index contributed by atoms with van der Waals surface area (Å²) < 4.78 is 25.7. The molecule has 1 N–H and O–H groups in total. The van der Waals surface area contributed by atoms with Gasteiger partial charge in [-0.1, -0.05) is 48.5 Å². The molecule has 0 aliphatic rings. The third-order valence-electron chi connectivity index (χ3n) is 4.88. The van der Waals surface area contributed by atoms with Crippen molar-refractivity contribution in [3.05, 3.63) is 102 Å². The van der Waals surface area contributed by atoms with Crippen molar-refractivity contribution in [2.45, 2.75) is 13.5 Å². The molecule has 31 heavy (non-hydrogen) atoms. The van der Waals surface area contributed by atoms with Crippen molar-refractivity contribution in [2.24, 2.45) is 0 Å². The summed E-state index contributed by atoms with van der Waals surface area (Å²) in [7, 11) is 0. The van der Waals surface area contributed by atoms with Gasteiger partial charge in [0, 0.05) is 16.5 Å². The quantitative estimate of drug-likeness (QED) is 0.390. The molecule has 4 nitrogen and oxygen atoms in total. The molecule has 1 amide bonds. The first kappa shape index (κ1) is 20.4. The number of benzene rings is 4. The number of carbonyl (C=O) groups excluding carboxylic acids is 1. The molecular weight excluding hydrogens is 393 g/mol. The number of anilines is 1. The van der Waals surface area contributed by atoms with Crippen molar-refractivity contribution in [3.8, 4) is 11.5 Å². The summed E-state index contributed by atoms with van der Waals surface area (Å²) in [6, 6.07) is 25.0. The Hall–Kier alpha value is -3.86. The number of para-hydroxylation sites is 1. The predicted molar refractivity (Wildman–Crippen MR) is 120 cm³/mol. The Morgan fingerprint density at radius 3 is 2.48 bits per heavy atom. The molecule has 0 radical (unpaired) electrons. The Kier molecular flexibility index (Phi) is 6.13. The van der Waals surface area contributed by atoms with Gasteiger partial charge >= 0.3 is 0 Å². The fourth-order valence-corrected chi connectivity index (χ4v) is 3.36. The molecular formula is C26H22FNO3. The number of ether oxygens (including phenoxy) is 2. The predicted octanol–water partition coefficient (Wildman–Crippen LogP) is 6.21. The summed E-state index contributed by atoms with van der Waals surface area (Å²) in [5.74, 6) is 0.507. The van der Waals surface area contributed by atoms with E-state index in [1.54, 1.807) is 30.3 Å². The van der Waals surface area contributed by atoms with Crippen molar-refractivity contribution < 1.29 is 18.7 Å². The van der Waals surface area contributed by atoms with Crippen LogP contribution in [0.1, 0.15) is 22.8 Å². The monoisotopic (exact) mass is 415 g/mol. The first-order chi connectivity index (χ1) is 15.2. The zero-order valence-corrected chi connectivity index (χ0v) is 17.1. The molecule has 156 valence electrons. The van der Waals surface area contributed by atoms with Crippen molar-refractivity contribution in [1.82, 2.24) is 0 Å². The van der Waals surface area contributed by atoms with Gasteiger partial charge in [0.2, 0.25) is 0 Å². The molecule has 0 unspecified atom stereocenters. The SMILES string of the molecule is CCOc1ccc(C(=O)Nc2ccccc2F)cc1COc1cccc2ccccc12. The van der Waals surface area contributed by atoms with E-state index in [0.717, 1.165) is 22.1 Å². The fraction of sp³-hybridized carbons (Fsp3) is 0.115. The molecule has 0 fully saturated rings. The highest BCUT2D eigenvalue weighted by Crippen LogP contribution is 2.28. The highest BCUT2D eigenvalue weighted by molar-refractivity contribution is 6.04. The minimum absolute atomic E-state index is 0.134. The van der Waals surface area contributed by atoms with Crippen LogP contribution >= 0.6 is 0 Å². The van der Waals surface area contributed by atoms with Crippen LogP contribution in [0.2, 0.25) is 0 Å². The summed E-state index contributed by atoms with van der Waals surface area (Å²) in [6.07, 6.45) is 0. The molecule has 4 rings (SSSR count). The van der Waals surface area contributed by atoms with Crippen molar-refractivity contribution in [3.63, 3.8) is 0 Å². The van der Waals surface area contributed by atoms with Gasteiger partial charge in [-0.2, -0.15) is 0 Å². The minimum atomic E-state index is -0.485. The van der Waals surface area contributed by atoms with E-state index in [2.05, 4.69) is 5.32 Å². The highest BCUT2D eigenvalue weighted by atomic mass is 19.1. The van der Waals surface area contributed by atoms with E-state index in [0.29, 0.717) is 17.9 Å². The third-order valence-corrected chi connectivity index (χ3v) is 4.88. The first-order valence-electron chi connectivity index (χ1n) is 10.1. The Bertz CT molecular complexity index is 1220. The van der Waals surface area contributed by atoms with Crippen LogP contribution in [0, 0.1) is 5.82 Å². The van der Waals surface area contributed by atoms with Gasteiger partial charge in [0.05, 0.1) is 12.3 Å². The lowest BCUT2D eigenvalue weighted by atomic mass is 10.1. The molecule has 0 aliphatic heterocycles. The van der Waals surface area contributed by atoms with Crippen molar-refractivity contribution >= 4 is 22.4 Å². The van der Waals surface area contributed by atoms with Gasteiger partial charge in [0.15, 0.2) is 0 Å². The fourth-order valence-electron chi connectivity index (χ4n) is 3.36. The molecule has 4 aromatic rings. The number of hydrogen-bond acceptors (Lipinski definition) is 3. The maximum atomic E-state index is 13.9. The summed E-state index contributed by atoms with van der Waals surface area (Å²) in [5.41, 5.74) is 1.26. The average molecular weight is 415 g/mol. The zero-order chi connectivity index (χ0) is 21.6. The Labute approximate surface area is 180 Å². The Morgan fingerprint density at radius 1 is 0.871 bits per heavy atom. The Balaban J connectivity index is 1.58. The molecule has 4 aromatic carbocycles. The van der Waals surface area contributed by atoms with Gasteiger partial charge in [0.1, 0.15) is 23.9 Å². The van der Waals surface area contributed by atoms with Gasteiger partial charge < -0.3 is 14.8 Å². The molecule has 0 spiro atoms. The van der Waals surface area contributed by atoms with Crippen LogP contribution in [-0.4, -0.2) is 12.5 Å². The van der Waals surface area contributed by atoms with E-state index in [1.165, 1.54) is 12.1 Å². The first-order valence-corrected chi connectivity index (χ1v) is 10.1. The largest absolute Gasteiger partial charge is 0.493 e. The highest BCUT2D eigenvalue weighted by Gasteiger charge is 2.13. The van der Waals surface area contributed by atoms with Crippen molar-refractivity contribution in [2.75, 3.05) is 11.9 Å². The van der Waals surface area contributed by atoms with Crippen LogP contribution < -0.4 is 14.8 Å². The van der Waals surface area contributed by atoms with E-state index >= 15 is 0 Å². The van der Waals surface area contributed by atoms with Crippen molar-refractivity contribution in [1.29, 1.82) is 0 Å². The molecule has 0 bridgehead atoms. The second-order valence-corrected chi connectivity index (χ2v) is 6.96. The van der Waals surface area contributed by atoms with Gasteiger partial charge in [-0.3, -0.25) is 4.79 Å². The maximum absolute atomic E-state index is 13.9. The molecule has 0 aromatic heterocycles. The van der Waals surface area contributed by atoms with Crippen LogP contribution in [0.25, 0.3) is 10.8 Å². The maximum Gasteiger partial charge on any atom is 0.255 e. The van der Waals surface area contributed by atoms with Crippen LogP contribution in [-0.2, 0) is 6.61 Å². The number of carbonyl (C=O) groups is 1. The third kappa shape index (κ3) is 4.67.